The summed E-state index contributed by atoms with van der Waals surface area (Å²) >= 11 is 0. The van der Waals surface area contributed by atoms with Crippen LogP contribution in [0.5, 0.6) is 0 Å². The molecule has 6 nitrogen and oxygen atoms in total. The first-order chi connectivity index (χ1) is 13.3. The van der Waals surface area contributed by atoms with Crippen LogP contribution in [0.1, 0.15) is 29.3 Å². The van der Waals surface area contributed by atoms with Crippen molar-refractivity contribution >= 4 is 21.6 Å². The highest BCUT2D eigenvalue weighted by atomic mass is 32.2. The van der Waals surface area contributed by atoms with E-state index in [4.69, 9.17) is 4.74 Å². The summed E-state index contributed by atoms with van der Waals surface area (Å²) in [5.41, 5.74) is 1.04. The van der Waals surface area contributed by atoms with Crippen LogP contribution in [0.15, 0.2) is 48.5 Å². The zero-order valence-corrected chi connectivity index (χ0v) is 16.8. The molecule has 0 heterocycles. The summed E-state index contributed by atoms with van der Waals surface area (Å²) in [4.78, 5) is 12.2. The van der Waals surface area contributed by atoms with Gasteiger partial charge in [0.2, 0.25) is 10.0 Å². The van der Waals surface area contributed by atoms with E-state index in [-0.39, 0.29) is 18.0 Å². The summed E-state index contributed by atoms with van der Waals surface area (Å²) in [6.07, 6.45) is 1.77. The van der Waals surface area contributed by atoms with E-state index in [1.807, 2.05) is 6.92 Å². The Labute approximate surface area is 165 Å². The van der Waals surface area contributed by atoms with Gasteiger partial charge in [-0.25, -0.2) is 12.8 Å². The fourth-order valence-electron chi connectivity index (χ4n) is 2.58. The molecule has 0 unspecified atom stereocenters. The van der Waals surface area contributed by atoms with Crippen LogP contribution in [0.3, 0.4) is 0 Å². The molecule has 1 N–H and O–H groups in total. The second kappa shape index (κ2) is 10.2. The fraction of sp³-hybridized carbons (Fsp3) is 0.350. The molecule has 0 saturated heterocycles. The predicted molar refractivity (Wildman–Crippen MR) is 107 cm³/mol. The summed E-state index contributed by atoms with van der Waals surface area (Å²) in [6, 6.07) is 12.2. The molecule has 8 heteroatoms. The van der Waals surface area contributed by atoms with Crippen LogP contribution in [-0.2, 0) is 21.3 Å². The maximum Gasteiger partial charge on any atom is 0.251 e. The van der Waals surface area contributed by atoms with E-state index >= 15 is 0 Å². The largest absolute Gasteiger partial charge is 0.382 e. The Morgan fingerprint density at radius 3 is 2.43 bits per heavy atom. The lowest BCUT2D eigenvalue weighted by Gasteiger charge is -2.23. The van der Waals surface area contributed by atoms with Crippen LogP contribution >= 0.6 is 0 Å². The van der Waals surface area contributed by atoms with E-state index in [1.165, 1.54) is 24.3 Å². The summed E-state index contributed by atoms with van der Waals surface area (Å²) < 4.78 is 44.7. The number of halogens is 1. The Morgan fingerprint density at radius 2 is 1.82 bits per heavy atom. The lowest BCUT2D eigenvalue weighted by Crippen LogP contribution is -2.30. The molecule has 1 amide bonds. The number of nitrogens with zero attached hydrogens (tertiary/aromatic N) is 1. The Kier molecular flexibility index (Phi) is 7.95. The third kappa shape index (κ3) is 6.31. The molecule has 2 aromatic carbocycles. The number of amides is 1. The average Bonchev–Trinajstić information content (AvgIpc) is 2.66. The van der Waals surface area contributed by atoms with Gasteiger partial charge in [-0.15, -0.1) is 0 Å². The number of rotatable bonds is 10. The molecule has 152 valence electrons. The average molecular weight is 408 g/mol. The Hall–Kier alpha value is -2.45. The molecule has 0 aliphatic heterocycles. The first-order valence-electron chi connectivity index (χ1n) is 9.00. The Morgan fingerprint density at radius 1 is 1.14 bits per heavy atom. The molecule has 0 saturated carbocycles. The van der Waals surface area contributed by atoms with Crippen molar-refractivity contribution in [3.63, 3.8) is 0 Å². The quantitative estimate of drug-likeness (QED) is 0.614. The topological polar surface area (TPSA) is 75.7 Å². The van der Waals surface area contributed by atoms with Gasteiger partial charge in [-0.2, -0.15) is 0 Å². The van der Waals surface area contributed by atoms with Gasteiger partial charge in [0.1, 0.15) is 5.82 Å². The highest BCUT2D eigenvalue weighted by Crippen LogP contribution is 2.22. The zero-order chi connectivity index (χ0) is 20.6. The molecule has 0 fully saturated rings. The third-order valence-electron chi connectivity index (χ3n) is 4.04. The number of sulfonamides is 1. The summed E-state index contributed by atoms with van der Waals surface area (Å²) in [6.45, 7) is 3.48. The summed E-state index contributed by atoms with van der Waals surface area (Å²) in [5.74, 6) is -0.720. The first kappa shape index (κ1) is 21.8. The molecule has 2 aromatic rings. The normalized spacial score (nSPS) is 11.2. The van der Waals surface area contributed by atoms with E-state index in [0.29, 0.717) is 37.4 Å². The lowest BCUT2D eigenvalue weighted by atomic mass is 10.1. The van der Waals surface area contributed by atoms with Gasteiger partial charge in [0, 0.05) is 30.9 Å². The molecule has 0 aliphatic rings. The van der Waals surface area contributed by atoms with E-state index in [1.54, 1.807) is 24.3 Å². The third-order valence-corrected chi connectivity index (χ3v) is 5.19. The van der Waals surface area contributed by atoms with Crippen molar-refractivity contribution in [1.82, 2.24) is 5.32 Å². The van der Waals surface area contributed by atoms with Crippen molar-refractivity contribution in [2.24, 2.45) is 0 Å². The molecule has 0 radical (unpaired) electrons. The smallest absolute Gasteiger partial charge is 0.251 e. The van der Waals surface area contributed by atoms with Crippen LogP contribution in [0.2, 0.25) is 0 Å². The first-order valence-corrected chi connectivity index (χ1v) is 10.8. The number of carbonyl (C=O) groups is 1. The second-order valence-electron chi connectivity index (χ2n) is 6.21. The number of ether oxygens (including phenoxy) is 1. The fourth-order valence-corrected chi connectivity index (χ4v) is 3.46. The SMILES string of the molecule is CCOCCCNC(=O)c1ccc(N(Cc2ccccc2F)S(C)(=O)=O)cc1. The van der Waals surface area contributed by atoms with Crippen LogP contribution in [-0.4, -0.2) is 40.3 Å². The van der Waals surface area contributed by atoms with E-state index in [9.17, 15) is 17.6 Å². The van der Waals surface area contributed by atoms with Crippen LogP contribution in [0, 0.1) is 5.82 Å². The van der Waals surface area contributed by atoms with Crippen LogP contribution in [0.25, 0.3) is 0 Å². The van der Waals surface area contributed by atoms with Crippen LogP contribution < -0.4 is 9.62 Å². The minimum Gasteiger partial charge on any atom is -0.382 e. The predicted octanol–water partition coefficient (Wildman–Crippen LogP) is 2.95. The summed E-state index contributed by atoms with van der Waals surface area (Å²) in [5, 5.41) is 2.78. The van der Waals surface area contributed by atoms with Crippen molar-refractivity contribution in [3.05, 3.63) is 65.5 Å². The highest BCUT2D eigenvalue weighted by molar-refractivity contribution is 7.92. The number of benzene rings is 2. The van der Waals surface area contributed by atoms with Gasteiger partial charge in [0.25, 0.3) is 5.91 Å². The van der Waals surface area contributed by atoms with Gasteiger partial charge in [-0.1, -0.05) is 18.2 Å². The number of anilines is 1. The number of hydrogen-bond donors (Lipinski definition) is 1. The van der Waals surface area contributed by atoms with Gasteiger partial charge in [-0.05, 0) is 43.7 Å². The van der Waals surface area contributed by atoms with E-state index in [0.717, 1.165) is 10.6 Å². The zero-order valence-electron chi connectivity index (χ0n) is 16.0. The van der Waals surface area contributed by atoms with Crippen molar-refractivity contribution in [1.29, 1.82) is 0 Å². The molecule has 0 aliphatic carbocycles. The molecule has 0 spiro atoms. The Balaban J connectivity index is 2.09. The van der Waals surface area contributed by atoms with Gasteiger partial charge in [-0.3, -0.25) is 9.10 Å². The molecular weight excluding hydrogens is 383 g/mol. The molecule has 0 bridgehead atoms. The van der Waals surface area contributed by atoms with Crippen molar-refractivity contribution in [2.75, 3.05) is 30.3 Å². The maximum atomic E-state index is 13.9. The molecule has 2 rings (SSSR count). The van der Waals surface area contributed by atoms with Crippen molar-refractivity contribution < 1.29 is 22.3 Å². The van der Waals surface area contributed by atoms with Gasteiger partial charge in [0.05, 0.1) is 18.5 Å². The van der Waals surface area contributed by atoms with E-state index < -0.39 is 15.8 Å². The minimum absolute atomic E-state index is 0.130. The minimum atomic E-state index is -3.64. The molecular formula is C20H25FN2O4S. The molecule has 0 aromatic heterocycles. The van der Waals surface area contributed by atoms with Gasteiger partial charge < -0.3 is 10.1 Å². The van der Waals surface area contributed by atoms with Gasteiger partial charge in [0.15, 0.2) is 0 Å². The Bertz CT molecular complexity index is 885. The molecule has 28 heavy (non-hydrogen) atoms. The number of nitrogens with one attached hydrogen (secondary N) is 1. The van der Waals surface area contributed by atoms with E-state index in [2.05, 4.69) is 5.32 Å². The standard InChI is InChI=1S/C20H25FN2O4S/c1-3-27-14-6-13-22-20(24)16-9-11-18(12-10-16)23(28(2,25)26)15-17-7-4-5-8-19(17)21/h4-5,7-12H,3,6,13-15H2,1-2H3,(H,22,24). The monoisotopic (exact) mass is 408 g/mol. The van der Waals surface area contributed by atoms with Gasteiger partial charge >= 0.3 is 0 Å². The number of hydrogen-bond acceptors (Lipinski definition) is 4. The molecule has 0 atom stereocenters. The lowest BCUT2D eigenvalue weighted by molar-refractivity contribution is 0.0944. The van der Waals surface area contributed by atoms with Crippen LogP contribution in [0.4, 0.5) is 10.1 Å². The number of carbonyl (C=O) groups excluding carboxylic acids is 1. The van der Waals surface area contributed by atoms with Crippen molar-refractivity contribution in [2.45, 2.75) is 19.9 Å². The summed E-state index contributed by atoms with van der Waals surface area (Å²) in [7, 11) is -3.64. The second-order valence-corrected chi connectivity index (χ2v) is 8.12. The van der Waals surface area contributed by atoms with Crippen molar-refractivity contribution in [3.8, 4) is 0 Å². The highest BCUT2D eigenvalue weighted by Gasteiger charge is 2.19. The maximum absolute atomic E-state index is 13.9.